The molecule has 1 saturated carbocycles. The Morgan fingerprint density at radius 3 is 2.50 bits per heavy atom. The number of carboxylic acids is 1. The van der Waals surface area contributed by atoms with E-state index in [0.29, 0.717) is 6.42 Å². The van der Waals surface area contributed by atoms with E-state index in [1.54, 1.807) is 0 Å². The van der Waals surface area contributed by atoms with E-state index in [0.717, 1.165) is 19.3 Å². The predicted octanol–water partition coefficient (Wildman–Crippen LogP) is -0.934. The number of hydrogen-bond acceptors (Lipinski definition) is 4. The summed E-state index contributed by atoms with van der Waals surface area (Å²) < 4.78 is 0. The Labute approximate surface area is 93.8 Å². The third-order valence-electron chi connectivity index (χ3n) is 2.95. The van der Waals surface area contributed by atoms with Gasteiger partial charge in [0.25, 0.3) is 0 Å². The van der Waals surface area contributed by atoms with E-state index in [9.17, 15) is 9.59 Å². The van der Waals surface area contributed by atoms with Crippen molar-refractivity contribution in [2.75, 3.05) is 6.61 Å². The largest absolute Gasteiger partial charge is 0.480 e. The third-order valence-corrected chi connectivity index (χ3v) is 2.95. The summed E-state index contributed by atoms with van der Waals surface area (Å²) in [6.07, 6.45) is 3.41. The van der Waals surface area contributed by atoms with Gasteiger partial charge >= 0.3 is 5.97 Å². The highest BCUT2D eigenvalue weighted by Crippen LogP contribution is 2.23. The number of aliphatic carboxylic acids is 1. The Balaban J connectivity index is 2.52. The maximum atomic E-state index is 11.7. The van der Waals surface area contributed by atoms with Crippen molar-refractivity contribution in [2.45, 2.75) is 37.8 Å². The first-order chi connectivity index (χ1) is 7.56. The number of carbonyl (C=O) groups excluding carboxylic acids is 1. The zero-order valence-electron chi connectivity index (χ0n) is 9.06. The van der Waals surface area contributed by atoms with Crippen LogP contribution in [0.1, 0.15) is 25.7 Å². The minimum Gasteiger partial charge on any atom is -0.480 e. The highest BCUT2D eigenvalue weighted by molar-refractivity contribution is 5.85. The lowest BCUT2D eigenvalue weighted by atomic mass is 9.84. The van der Waals surface area contributed by atoms with Crippen molar-refractivity contribution < 1.29 is 19.8 Å². The summed E-state index contributed by atoms with van der Waals surface area (Å²) in [4.78, 5) is 22.3. The lowest BCUT2D eigenvalue weighted by molar-refractivity contribution is -0.143. The van der Waals surface area contributed by atoms with Gasteiger partial charge in [0.05, 0.1) is 12.5 Å². The molecular formula is C10H18N2O4. The summed E-state index contributed by atoms with van der Waals surface area (Å²) in [5, 5.41) is 19.8. The average molecular weight is 230 g/mol. The van der Waals surface area contributed by atoms with Crippen LogP contribution in [0.3, 0.4) is 0 Å². The van der Waals surface area contributed by atoms with Gasteiger partial charge in [0.2, 0.25) is 5.91 Å². The van der Waals surface area contributed by atoms with Crippen LogP contribution >= 0.6 is 0 Å². The second-order valence-corrected chi connectivity index (χ2v) is 4.14. The lowest BCUT2D eigenvalue weighted by Crippen LogP contribution is -2.50. The second-order valence-electron chi connectivity index (χ2n) is 4.14. The first kappa shape index (κ1) is 12.9. The fourth-order valence-corrected chi connectivity index (χ4v) is 1.95. The van der Waals surface area contributed by atoms with Crippen LogP contribution in [0.2, 0.25) is 0 Å². The molecule has 0 aliphatic heterocycles. The van der Waals surface area contributed by atoms with Gasteiger partial charge in [-0.2, -0.15) is 0 Å². The minimum absolute atomic E-state index is 0.207. The van der Waals surface area contributed by atoms with Gasteiger partial charge in [0, 0.05) is 6.04 Å². The Morgan fingerprint density at radius 1 is 1.38 bits per heavy atom. The molecule has 0 spiro atoms. The molecular weight excluding hydrogens is 212 g/mol. The van der Waals surface area contributed by atoms with Gasteiger partial charge in [-0.3, -0.25) is 4.79 Å². The maximum absolute atomic E-state index is 11.7. The molecule has 1 aliphatic rings. The molecule has 3 atom stereocenters. The van der Waals surface area contributed by atoms with E-state index >= 15 is 0 Å². The number of aliphatic hydroxyl groups is 1. The van der Waals surface area contributed by atoms with E-state index in [4.69, 9.17) is 15.9 Å². The monoisotopic (exact) mass is 230 g/mol. The number of carboxylic acid groups (broad SMARTS) is 1. The van der Waals surface area contributed by atoms with Crippen molar-refractivity contribution in [3.63, 3.8) is 0 Å². The van der Waals surface area contributed by atoms with Crippen LogP contribution in [0.5, 0.6) is 0 Å². The van der Waals surface area contributed by atoms with Gasteiger partial charge in [0.15, 0.2) is 0 Å². The molecule has 5 N–H and O–H groups in total. The molecule has 0 aromatic heterocycles. The van der Waals surface area contributed by atoms with Gasteiger partial charge < -0.3 is 21.3 Å². The second kappa shape index (κ2) is 5.81. The van der Waals surface area contributed by atoms with Crippen molar-refractivity contribution in [3.8, 4) is 0 Å². The number of rotatable bonds is 4. The summed E-state index contributed by atoms with van der Waals surface area (Å²) in [5.74, 6) is -1.93. The summed E-state index contributed by atoms with van der Waals surface area (Å²) >= 11 is 0. The van der Waals surface area contributed by atoms with Gasteiger partial charge in [-0.15, -0.1) is 0 Å². The highest BCUT2D eigenvalue weighted by Gasteiger charge is 2.30. The third kappa shape index (κ3) is 3.18. The van der Waals surface area contributed by atoms with Gasteiger partial charge in [-0.25, -0.2) is 4.79 Å². The molecule has 1 fully saturated rings. The fraction of sp³-hybridized carbons (Fsp3) is 0.800. The average Bonchev–Trinajstić information content (AvgIpc) is 2.25. The molecule has 6 nitrogen and oxygen atoms in total. The van der Waals surface area contributed by atoms with E-state index in [1.807, 2.05) is 0 Å². The van der Waals surface area contributed by atoms with Crippen LogP contribution in [0.25, 0.3) is 0 Å². The molecule has 0 radical (unpaired) electrons. The van der Waals surface area contributed by atoms with Crippen molar-refractivity contribution in [1.82, 2.24) is 5.32 Å². The summed E-state index contributed by atoms with van der Waals surface area (Å²) in [7, 11) is 0. The van der Waals surface area contributed by atoms with Crippen molar-refractivity contribution in [1.29, 1.82) is 0 Å². The molecule has 3 unspecified atom stereocenters. The molecule has 16 heavy (non-hydrogen) atoms. The van der Waals surface area contributed by atoms with Gasteiger partial charge in [-0.05, 0) is 12.8 Å². The van der Waals surface area contributed by atoms with Crippen LogP contribution in [0.15, 0.2) is 0 Å². The van der Waals surface area contributed by atoms with Crippen LogP contribution in [0, 0.1) is 5.92 Å². The number of amides is 1. The Kier molecular flexibility index (Phi) is 4.70. The SMILES string of the molecule is NC1CCCCC1C(=O)NC(CO)C(=O)O. The molecule has 0 bridgehead atoms. The fourth-order valence-electron chi connectivity index (χ4n) is 1.95. The van der Waals surface area contributed by atoms with Crippen molar-refractivity contribution >= 4 is 11.9 Å². The zero-order valence-corrected chi connectivity index (χ0v) is 9.06. The lowest BCUT2D eigenvalue weighted by Gasteiger charge is -2.28. The van der Waals surface area contributed by atoms with E-state index < -0.39 is 18.6 Å². The summed E-state index contributed by atoms with van der Waals surface area (Å²) in [6.45, 7) is -0.608. The zero-order chi connectivity index (χ0) is 12.1. The van der Waals surface area contributed by atoms with E-state index in [2.05, 4.69) is 5.32 Å². The molecule has 1 amide bonds. The number of aliphatic hydroxyl groups excluding tert-OH is 1. The molecule has 92 valence electrons. The number of nitrogens with one attached hydrogen (secondary N) is 1. The van der Waals surface area contributed by atoms with Gasteiger partial charge in [0.1, 0.15) is 6.04 Å². The first-order valence-electron chi connectivity index (χ1n) is 5.46. The topological polar surface area (TPSA) is 113 Å². The van der Waals surface area contributed by atoms with Crippen molar-refractivity contribution in [2.24, 2.45) is 11.7 Å². The van der Waals surface area contributed by atoms with Crippen LogP contribution in [-0.2, 0) is 9.59 Å². The van der Waals surface area contributed by atoms with E-state index in [-0.39, 0.29) is 17.9 Å². The Hall–Kier alpha value is -1.14. The maximum Gasteiger partial charge on any atom is 0.328 e. The molecule has 0 aromatic rings. The van der Waals surface area contributed by atoms with E-state index in [1.165, 1.54) is 0 Å². The number of nitrogens with two attached hydrogens (primary N) is 1. The minimum atomic E-state index is -1.24. The smallest absolute Gasteiger partial charge is 0.328 e. The van der Waals surface area contributed by atoms with Crippen LogP contribution in [0.4, 0.5) is 0 Å². The number of hydrogen-bond donors (Lipinski definition) is 4. The van der Waals surface area contributed by atoms with Crippen LogP contribution in [-0.4, -0.2) is 40.8 Å². The van der Waals surface area contributed by atoms with Crippen LogP contribution < -0.4 is 11.1 Å². The molecule has 6 heteroatoms. The first-order valence-corrected chi connectivity index (χ1v) is 5.46. The number of carbonyl (C=O) groups is 2. The normalized spacial score (nSPS) is 27.1. The molecule has 1 aliphatic carbocycles. The quantitative estimate of drug-likeness (QED) is 0.498. The molecule has 1 rings (SSSR count). The Bertz CT molecular complexity index is 270. The standard InChI is InChI=1S/C10H18N2O4/c11-7-4-2-1-3-6(7)9(14)12-8(5-13)10(15)16/h6-8,13H,1-5,11H2,(H,12,14)(H,15,16). The predicted molar refractivity (Wildman–Crippen MR) is 56.6 cm³/mol. The molecule has 0 saturated heterocycles. The Morgan fingerprint density at radius 2 is 2.00 bits per heavy atom. The van der Waals surface area contributed by atoms with Gasteiger partial charge in [-0.1, -0.05) is 12.8 Å². The van der Waals surface area contributed by atoms with Crippen molar-refractivity contribution in [3.05, 3.63) is 0 Å². The summed E-state index contributed by atoms with van der Waals surface area (Å²) in [5.41, 5.74) is 5.80. The molecule has 0 aromatic carbocycles. The highest BCUT2D eigenvalue weighted by atomic mass is 16.4. The summed E-state index contributed by atoms with van der Waals surface area (Å²) in [6, 6.07) is -1.44. The molecule has 0 heterocycles.